The van der Waals surface area contributed by atoms with Crippen LogP contribution < -0.4 is 0 Å². The minimum Gasteiger partial charge on any atom is -0.394 e. The summed E-state index contributed by atoms with van der Waals surface area (Å²) in [7, 11) is 0. The van der Waals surface area contributed by atoms with Crippen LogP contribution in [0.1, 0.15) is 0 Å². The van der Waals surface area contributed by atoms with Gasteiger partial charge in [-0.25, -0.2) is 0 Å². The predicted molar refractivity (Wildman–Crippen MR) is 68.6 cm³/mol. The lowest BCUT2D eigenvalue weighted by Gasteiger charge is -2.45. The van der Waals surface area contributed by atoms with Gasteiger partial charge in [0.2, 0.25) is 0 Å². The lowest BCUT2D eigenvalue weighted by Crippen LogP contribution is -2.64. The number of aliphatic hydroxyl groups is 8. The van der Waals surface area contributed by atoms with Gasteiger partial charge in [0.25, 0.3) is 0 Å². The van der Waals surface area contributed by atoms with Gasteiger partial charge in [-0.3, -0.25) is 0 Å². The van der Waals surface area contributed by atoms with Crippen LogP contribution in [-0.2, 0) is 14.2 Å². The van der Waals surface area contributed by atoms with Crippen molar-refractivity contribution in [3.63, 3.8) is 0 Å². The minimum atomic E-state index is -1.74. The van der Waals surface area contributed by atoms with Crippen molar-refractivity contribution >= 4 is 0 Å². The van der Waals surface area contributed by atoms with Crippen LogP contribution in [0.5, 0.6) is 0 Å². The molecule has 2 aliphatic heterocycles. The van der Waals surface area contributed by atoms with E-state index in [9.17, 15) is 35.7 Å². The van der Waals surface area contributed by atoms with Crippen molar-refractivity contribution in [2.75, 3.05) is 13.2 Å². The molecule has 8 N–H and O–H groups in total. The second-order valence-electron chi connectivity index (χ2n) is 5.53. The summed E-state index contributed by atoms with van der Waals surface area (Å²) in [5, 5.41) is 76.5. The highest BCUT2D eigenvalue weighted by Crippen LogP contribution is 2.28. The standard InChI is InChI=1S/C12H22O11/c13-1-3-5(15)6(16)9(19)12(22-3)23-10-4(2-14)21-11(20)8(18)7(10)17/h3-20H,1-2H2/t3-,4-,5+,6+,7-,8-,9-,10-,11+,12?/m1/s1. The largest absolute Gasteiger partial charge is 0.394 e. The molecule has 11 heteroatoms. The molecule has 2 saturated heterocycles. The molecule has 23 heavy (non-hydrogen) atoms. The van der Waals surface area contributed by atoms with Crippen molar-refractivity contribution < 1.29 is 55.1 Å². The summed E-state index contributed by atoms with van der Waals surface area (Å²) in [6, 6.07) is 0. The lowest BCUT2D eigenvalue weighted by molar-refractivity contribution is -0.355. The average molecular weight is 342 g/mol. The fourth-order valence-corrected chi connectivity index (χ4v) is 2.57. The van der Waals surface area contributed by atoms with Gasteiger partial charge in [-0.05, 0) is 0 Å². The first-order valence-corrected chi connectivity index (χ1v) is 7.08. The molecule has 0 bridgehead atoms. The molecule has 136 valence electrons. The molecule has 0 aromatic heterocycles. The van der Waals surface area contributed by atoms with Gasteiger partial charge >= 0.3 is 0 Å². The van der Waals surface area contributed by atoms with Gasteiger partial charge in [-0.2, -0.15) is 0 Å². The number of hydrogen-bond donors (Lipinski definition) is 8. The number of aliphatic hydroxyl groups excluding tert-OH is 8. The smallest absolute Gasteiger partial charge is 0.187 e. The van der Waals surface area contributed by atoms with Gasteiger partial charge in [-0.15, -0.1) is 0 Å². The molecular weight excluding hydrogens is 320 g/mol. The maximum atomic E-state index is 9.94. The topological polar surface area (TPSA) is 190 Å². The Morgan fingerprint density at radius 3 is 1.83 bits per heavy atom. The zero-order chi connectivity index (χ0) is 17.3. The molecule has 0 radical (unpaired) electrons. The molecule has 2 fully saturated rings. The Labute approximate surface area is 130 Å². The quantitative estimate of drug-likeness (QED) is 0.243. The zero-order valence-corrected chi connectivity index (χ0v) is 12.0. The van der Waals surface area contributed by atoms with Crippen molar-refractivity contribution in [3.05, 3.63) is 0 Å². The zero-order valence-electron chi connectivity index (χ0n) is 12.0. The van der Waals surface area contributed by atoms with E-state index in [1.807, 2.05) is 0 Å². The Balaban J connectivity index is 2.11. The van der Waals surface area contributed by atoms with E-state index in [1.165, 1.54) is 0 Å². The van der Waals surface area contributed by atoms with E-state index in [1.54, 1.807) is 0 Å². The van der Waals surface area contributed by atoms with E-state index >= 15 is 0 Å². The molecule has 0 aromatic carbocycles. The maximum absolute atomic E-state index is 9.94. The molecule has 2 aliphatic rings. The first-order chi connectivity index (χ1) is 10.8. The molecule has 10 atom stereocenters. The third kappa shape index (κ3) is 3.65. The van der Waals surface area contributed by atoms with Gasteiger partial charge < -0.3 is 55.1 Å². The van der Waals surface area contributed by atoms with E-state index in [4.69, 9.17) is 19.3 Å². The van der Waals surface area contributed by atoms with E-state index in [-0.39, 0.29) is 0 Å². The van der Waals surface area contributed by atoms with Crippen LogP contribution in [0.3, 0.4) is 0 Å². The Bertz CT molecular complexity index is 378. The van der Waals surface area contributed by atoms with E-state index < -0.39 is 74.6 Å². The van der Waals surface area contributed by atoms with Crippen LogP contribution in [0.2, 0.25) is 0 Å². The van der Waals surface area contributed by atoms with Gasteiger partial charge in [0, 0.05) is 0 Å². The highest BCUT2D eigenvalue weighted by molar-refractivity contribution is 4.93. The van der Waals surface area contributed by atoms with Crippen molar-refractivity contribution in [2.24, 2.45) is 0 Å². The van der Waals surface area contributed by atoms with Crippen LogP contribution in [0, 0.1) is 0 Å². The highest BCUT2D eigenvalue weighted by atomic mass is 16.7. The third-order valence-electron chi connectivity index (χ3n) is 3.98. The first-order valence-electron chi connectivity index (χ1n) is 7.08. The fourth-order valence-electron chi connectivity index (χ4n) is 2.57. The Hall–Kier alpha value is -0.440. The normalized spacial score (nSPS) is 51.7. The summed E-state index contributed by atoms with van der Waals surface area (Å²) >= 11 is 0. The van der Waals surface area contributed by atoms with Crippen LogP contribution in [0.4, 0.5) is 0 Å². The third-order valence-corrected chi connectivity index (χ3v) is 3.98. The summed E-state index contributed by atoms with van der Waals surface area (Å²) in [5.74, 6) is 0. The van der Waals surface area contributed by atoms with Crippen LogP contribution in [0.25, 0.3) is 0 Å². The van der Waals surface area contributed by atoms with E-state index in [0.29, 0.717) is 0 Å². The Morgan fingerprint density at radius 1 is 0.652 bits per heavy atom. The average Bonchev–Trinajstić information content (AvgIpc) is 2.55. The summed E-state index contributed by atoms with van der Waals surface area (Å²) in [6.45, 7) is -1.35. The fraction of sp³-hybridized carbons (Fsp3) is 1.00. The second kappa shape index (κ2) is 7.63. The second-order valence-corrected chi connectivity index (χ2v) is 5.53. The molecule has 0 aromatic rings. The number of rotatable bonds is 4. The predicted octanol–water partition coefficient (Wildman–Crippen LogP) is -5.40. The molecule has 0 spiro atoms. The molecule has 0 saturated carbocycles. The summed E-state index contributed by atoms with van der Waals surface area (Å²) in [4.78, 5) is 0. The minimum absolute atomic E-state index is 0.667. The van der Waals surface area contributed by atoms with Gasteiger partial charge in [0.05, 0.1) is 13.2 Å². The van der Waals surface area contributed by atoms with Crippen LogP contribution in [-0.4, -0.2) is 115 Å². The maximum Gasteiger partial charge on any atom is 0.187 e. The first kappa shape index (κ1) is 18.9. The molecule has 0 amide bonds. The molecule has 2 rings (SSSR count). The summed E-state index contributed by atoms with van der Waals surface area (Å²) in [6.07, 6.45) is -15.6. The molecular formula is C12H22O11. The Kier molecular flexibility index (Phi) is 6.27. The van der Waals surface area contributed by atoms with Crippen molar-refractivity contribution in [1.82, 2.24) is 0 Å². The van der Waals surface area contributed by atoms with Gasteiger partial charge in [0.1, 0.15) is 48.8 Å². The molecule has 11 nitrogen and oxygen atoms in total. The van der Waals surface area contributed by atoms with Crippen molar-refractivity contribution in [2.45, 2.75) is 61.4 Å². The van der Waals surface area contributed by atoms with E-state index in [2.05, 4.69) is 0 Å². The molecule has 2 heterocycles. The van der Waals surface area contributed by atoms with Crippen molar-refractivity contribution in [1.29, 1.82) is 0 Å². The lowest BCUT2D eigenvalue weighted by atomic mass is 9.97. The molecule has 0 aliphatic carbocycles. The number of hydrogen-bond acceptors (Lipinski definition) is 11. The summed E-state index contributed by atoms with van der Waals surface area (Å²) in [5.41, 5.74) is 0. The summed E-state index contributed by atoms with van der Waals surface area (Å²) < 4.78 is 15.3. The van der Waals surface area contributed by atoms with Crippen LogP contribution >= 0.6 is 0 Å². The molecule has 1 unspecified atom stereocenters. The highest BCUT2D eigenvalue weighted by Gasteiger charge is 2.50. The van der Waals surface area contributed by atoms with Gasteiger partial charge in [0.15, 0.2) is 12.6 Å². The number of ether oxygens (including phenoxy) is 3. The van der Waals surface area contributed by atoms with Gasteiger partial charge in [-0.1, -0.05) is 0 Å². The monoisotopic (exact) mass is 342 g/mol. The van der Waals surface area contributed by atoms with Crippen LogP contribution in [0.15, 0.2) is 0 Å². The Morgan fingerprint density at radius 2 is 1.26 bits per heavy atom. The SMILES string of the molecule is OC[C@H]1OC(O[C@H]2[C@H](O)[C@@H](O)[C@@H](O)O[C@@H]2CO)[C@H](O)[C@@H](O)[C@H]1O. The van der Waals surface area contributed by atoms with Crippen molar-refractivity contribution in [3.8, 4) is 0 Å². The van der Waals surface area contributed by atoms with E-state index in [0.717, 1.165) is 0 Å².